The summed E-state index contributed by atoms with van der Waals surface area (Å²) in [6, 6.07) is 17.6. The van der Waals surface area contributed by atoms with E-state index >= 15 is 0 Å². The van der Waals surface area contributed by atoms with Crippen molar-refractivity contribution in [3.05, 3.63) is 60.2 Å². The maximum atomic E-state index is 12.3. The molecule has 4 nitrogen and oxygen atoms in total. The van der Waals surface area contributed by atoms with Gasteiger partial charge in [-0.05, 0) is 42.7 Å². The van der Waals surface area contributed by atoms with Crippen LogP contribution in [-0.2, 0) is 16.1 Å². The van der Waals surface area contributed by atoms with Gasteiger partial charge in [-0.1, -0.05) is 30.3 Å². The summed E-state index contributed by atoms with van der Waals surface area (Å²) >= 11 is 0. The van der Waals surface area contributed by atoms with Crippen molar-refractivity contribution in [2.24, 2.45) is 5.92 Å². The molecule has 4 heteroatoms. The average molecular weight is 310 g/mol. The largest absolute Gasteiger partial charge is 0.461 e. The molecule has 0 saturated carbocycles. The van der Waals surface area contributed by atoms with Gasteiger partial charge >= 0.3 is 5.97 Å². The van der Waals surface area contributed by atoms with E-state index in [0.717, 1.165) is 36.3 Å². The summed E-state index contributed by atoms with van der Waals surface area (Å²) in [5.41, 5.74) is 8.62. The number of esters is 1. The van der Waals surface area contributed by atoms with Gasteiger partial charge in [0.25, 0.3) is 0 Å². The van der Waals surface area contributed by atoms with Crippen LogP contribution in [0.25, 0.3) is 0 Å². The molecule has 0 spiro atoms. The summed E-state index contributed by atoms with van der Waals surface area (Å²) in [4.78, 5) is 14.6. The molecule has 1 fully saturated rings. The van der Waals surface area contributed by atoms with Crippen molar-refractivity contribution in [3.8, 4) is 0 Å². The molecule has 0 aliphatic carbocycles. The monoisotopic (exact) mass is 310 g/mol. The lowest BCUT2D eigenvalue weighted by Crippen LogP contribution is -2.39. The quantitative estimate of drug-likeness (QED) is 0.696. The fourth-order valence-corrected chi connectivity index (χ4v) is 2.94. The normalized spacial score (nSPS) is 17.7. The summed E-state index contributed by atoms with van der Waals surface area (Å²) in [7, 11) is 0. The highest BCUT2D eigenvalue weighted by Crippen LogP contribution is 2.25. The third-order valence-corrected chi connectivity index (χ3v) is 4.24. The first-order valence-electron chi connectivity index (χ1n) is 8.03. The minimum Gasteiger partial charge on any atom is -0.461 e. The molecule has 2 aromatic rings. The number of nitrogen functional groups attached to an aromatic ring is 1. The minimum atomic E-state index is -0.103. The van der Waals surface area contributed by atoms with Gasteiger partial charge in [-0.2, -0.15) is 0 Å². The van der Waals surface area contributed by atoms with Gasteiger partial charge in [-0.3, -0.25) is 4.79 Å². The fourth-order valence-electron chi connectivity index (χ4n) is 2.94. The van der Waals surface area contributed by atoms with Gasteiger partial charge in [0.1, 0.15) is 6.61 Å². The Morgan fingerprint density at radius 1 is 1.13 bits per heavy atom. The zero-order valence-corrected chi connectivity index (χ0v) is 13.2. The number of ether oxygens (including phenoxy) is 1. The Kier molecular flexibility index (Phi) is 4.81. The number of benzene rings is 2. The van der Waals surface area contributed by atoms with E-state index in [4.69, 9.17) is 10.5 Å². The lowest BCUT2D eigenvalue weighted by Gasteiger charge is -2.33. The van der Waals surface area contributed by atoms with E-state index in [9.17, 15) is 4.79 Å². The number of nitrogens with zero attached hydrogens (tertiary/aromatic N) is 1. The molecule has 1 saturated heterocycles. The predicted molar refractivity (Wildman–Crippen MR) is 92.0 cm³/mol. The van der Waals surface area contributed by atoms with Gasteiger partial charge in [-0.15, -0.1) is 0 Å². The molecule has 120 valence electrons. The van der Waals surface area contributed by atoms with Crippen LogP contribution in [0.1, 0.15) is 18.4 Å². The number of rotatable bonds is 4. The van der Waals surface area contributed by atoms with Crippen LogP contribution < -0.4 is 10.6 Å². The van der Waals surface area contributed by atoms with Crippen LogP contribution in [0, 0.1) is 5.92 Å². The summed E-state index contributed by atoms with van der Waals surface area (Å²) in [6.07, 6.45) is 1.88. The molecular weight excluding hydrogens is 288 g/mol. The van der Waals surface area contributed by atoms with Crippen molar-refractivity contribution in [2.45, 2.75) is 19.4 Å². The molecule has 1 aliphatic heterocycles. The Bertz CT molecular complexity index is 640. The minimum absolute atomic E-state index is 0.0648. The molecule has 0 aromatic heterocycles. The zero-order valence-electron chi connectivity index (χ0n) is 13.2. The number of nitrogens with two attached hydrogens (primary N) is 1. The highest BCUT2D eigenvalue weighted by Gasteiger charge is 2.27. The van der Waals surface area contributed by atoms with E-state index in [1.807, 2.05) is 54.6 Å². The summed E-state index contributed by atoms with van der Waals surface area (Å²) in [5, 5.41) is 0. The van der Waals surface area contributed by atoms with Crippen molar-refractivity contribution in [3.63, 3.8) is 0 Å². The van der Waals surface area contributed by atoms with Gasteiger partial charge in [0, 0.05) is 24.5 Å². The van der Waals surface area contributed by atoms with E-state index in [0.29, 0.717) is 13.2 Å². The molecular formula is C19H22N2O2. The van der Waals surface area contributed by atoms with Crippen molar-refractivity contribution >= 4 is 17.3 Å². The van der Waals surface area contributed by atoms with Crippen LogP contribution in [0.15, 0.2) is 54.6 Å². The maximum Gasteiger partial charge on any atom is 0.311 e. The molecule has 0 bridgehead atoms. The number of carbonyl (C=O) groups is 1. The van der Waals surface area contributed by atoms with Gasteiger partial charge in [0.05, 0.1) is 5.92 Å². The third-order valence-electron chi connectivity index (χ3n) is 4.24. The summed E-state index contributed by atoms with van der Waals surface area (Å²) in [5.74, 6) is -0.168. The summed E-state index contributed by atoms with van der Waals surface area (Å²) in [6.45, 7) is 2.02. The van der Waals surface area contributed by atoms with E-state index in [-0.39, 0.29) is 11.9 Å². The standard InChI is InChI=1S/C19H22N2O2/c20-17-8-10-18(11-9-17)21-12-4-7-16(13-21)19(22)23-14-15-5-2-1-3-6-15/h1-3,5-6,8-11,16H,4,7,12-14,20H2. The lowest BCUT2D eigenvalue weighted by molar-refractivity contribution is -0.150. The smallest absolute Gasteiger partial charge is 0.311 e. The van der Waals surface area contributed by atoms with Crippen molar-refractivity contribution in [2.75, 3.05) is 23.7 Å². The zero-order chi connectivity index (χ0) is 16.1. The molecule has 0 radical (unpaired) electrons. The lowest BCUT2D eigenvalue weighted by atomic mass is 9.97. The SMILES string of the molecule is Nc1ccc(N2CCCC(C(=O)OCc3ccccc3)C2)cc1. The van der Waals surface area contributed by atoms with Crippen molar-refractivity contribution in [1.29, 1.82) is 0 Å². The average Bonchev–Trinajstić information content (AvgIpc) is 2.61. The van der Waals surface area contributed by atoms with Crippen LogP contribution in [0.4, 0.5) is 11.4 Å². The second-order valence-electron chi connectivity index (χ2n) is 5.97. The molecule has 2 N–H and O–H groups in total. The Morgan fingerprint density at radius 2 is 1.87 bits per heavy atom. The first-order chi connectivity index (χ1) is 11.2. The van der Waals surface area contributed by atoms with Gasteiger partial charge in [-0.25, -0.2) is 0 Å². The number of anilines is 2. The second kappa shape index (κ2) is 7.18. The molecule has 1 atom stereocenters. The Labute approximate surface area is 136 Å². The van der Waals surface area contributed by atoms with Crippen LogP contribution in [0.2, 0.25) is 0 Å². The molecule has 1 unspecified atom stereocenters. The summed E-state index contributed by atoms with van der Waals surface area (Å²) < 4.78 is 5.49. The Balaban J connectivity index is 1.57. The van der Waals surface area contributed by atoms with Crippen molar-refractivity contribution in [1.82, 2.24) is 0 Å². The molecule has 3 rings (SSSR count). The van der Waals surface area contributed by atoms with E-state index in [1.54, 1.807) is 0 Å². The second-order valence-corrected chi connectivity index (χ2v) is 5.97. The topological polar surface area (TPSA) is 55.6 Å². The number of carbonyl (C=O) groups excluding carboxylic acids is 1. The Morgan fingerprint density at radius 3 is 2.61 bits per heavy atom. The van der Waals surface area contributed by atoms with E-state index in [1.165, 1.54) is 0 Å². The molecule has 1 heterocycles. The van der Waals surface area contributed by atoms with E-state index < -0.39 is 0 Å². The Hall–Kier alpha value is -2.49. The van der Waals surface area contributed by atoms with Crippen LogP contribution in [0.5, 0.6) is 0 Å². The molecule has 2 aromatic carbocycles. The maximum absolute atomic E-state index is 12.3. The molecule has 1 aliphatic rings. The number of hydrogen-bond acceptors (Lipinski definition) is 4. The first kappa shape index (κ1) is 15.4. The van der Waals surface area contributed by atoms with E-state index in [2.05, 4.69) is 4.90 Å². The highest BCUT2D eigenvalue weighted by atomic mass is 16.5. The molecule has 23 heavy (non-hydrogen) atoms. The van der Waals surface area contributed by atoms with Gasteiger partial charge < -0.3 is 15.4 Å². The van der Waals surface area contributed by atoms with Crippen LogP contribution in [0.3, 0.4) is 0 Å². The first-order valence-corrected chi connectivity index (χ1v) is 8.03. The predicted octanol–water partition coefficient (Wildman–Crippen LogP) is 3.23. The molecule has 0 amide bonds. The van der Waals surface area contributed by atoms with Gasteiger partial charge in [0.2, 0.25) is 0 Å². The number of hydrogen-bond donors (Lipinski definition) is 1. The number of piperidine rings is 1. The van der Waals surface area contributed by atoms with Crippen LogP contribution >= 0.6 is 0 Å². The van der Waals surface area contributed by atoms with Crippen molar-refractivity contribution < 1.29 is 9.53 Å². The van der Waals surface area contributed by atoms with Gasteiger partial charge in [0.15, 0.2) is 0 Å². The highest BCUT2D eigenvalue weighted by molar-refractivity contribution is 5.73. The third kappa shape index (κ3) is 4.03. The fraction of sp³-hybridized carbons (Fsp3) is 0.316. The van der Waals surface area contributed by atoms with Crippen LogP contribution in [-0.4, -0.2) is 19.1 Å².